The molecule has 0 spiro atoms. The van der Waals surface area contributed by atoms with Gasteiger partial charge in [-0.25, -0.2) is 14.4 Å². The average Bonchev–Trinajstić information content (AvgIpc) is 2.87. The second-order valence-corrected chi connectivity index (χ2v) is 9.23. The van der Waals surface area contributed by atoms with Crippen molar-refractivity contribution >= 4 is 33.7 Å². The molecule has 1 saturated heterocycles. The number of aromatic nitrogens is 2. The van der Waals surface area contributed by atoms with E-state index in [-0.39, 0.29) is 17.0 Å². The number of hydrogen-bond acceptors (Lipinski definition) is 6. The van der Waals surface area contributed by atoms with E-state index in [0.717, 1.165) is 16.9 Å². The van der Waals surface area contributed by atoms with Crippen LogP contribution in [0.1, 0.15) is 22.8 Å². The summed E-state index contributed by atoms with van der Waals surface area (Å²) < 4.78 is 19.2. The van der Waals surface area contributed by atoms with E-state index in [1.54, 1.807) is 18.2 Å². The van der Waals surface area contributed by atoms with Gasteiger partial charge in [0.25, 0.3) is 0 Å². The number of thioether (sulfide) groups is 1. The van der Waals surface area contributed by atoms with E-state index in [1.165, 1.54) is 23.9 Å². The van der Waals surface area contributed by atoms with Crippen LogP contribution in [0.4, 0.5) is 10.2 Å². The van der Waals surface area contributed by atoms with Gasteiger partial charge in [-0.2, -0.15) is 0 Å². The summed E-state index contributed by atoms with van der Waals surface area (Å²) >= 11 is 1.28. The van der Waals surface area contributed by atoms with Gasteiger partial charge in [-0.1, -0.05) is 42.1 Å². The Morgan fingerprint density at radius 2 is 1.85 bits per heavy atom. The number of halogens is 1. The van der Waals surface area contributed by atoms with Gasteiger partial charge in [0.1, 0.15) is 11.5 Å². The first-order valence-corrected chi connectivity index (χ1v) is 12.2. The van der Waals surface area contributed by atoms with Gasteiger partial charge in [0.15, 0.2) is 5.82 Å². The van der Waals surface area contributed by atoms with Gasteiger partial charge in [0, 0.05) is 23.4 Å². The van der Waals surface area contributed by atoms with E-state index in [9.17, 15) is 9.18 Å². The zero-order valence-electron chi connectivity index (χ0n) is 18.8. The summed E-state index contributed by atoms with van der Waals surface area (Å²) in [5.41, 5.74) is 4.54. The fourth-order valence-corrected chi connectivity index (χ4v) is 4.81. The zero-order valence-corrected chi connectivity index (χ0v) is 19.6. The van der Waals surface area contributed by atoms with E-state index in [1.807, 2.05) is 42.5 Å². The van der Waals surface area contributed by atoms with Crippen LogP contribution >= 0.6 is 11.8 Å². The number of benzene rings is 3. The van der Waals surface area contributed by atoms with Gasteiger partial charge < -0.3 is 9.64 Å². The Morgan fingerprint density at radius 1 is 1.06 bits per heavy atom. The largest absolute Gasteiger partial charge is 0.377 e. The molecule has 1 aliphatic heterocycles. The third-order valence-corrected chi connectivity index (χ3v) is 6.83. The van der Waals surface area contributed by atoms with Gasteiger partial charge >= 0.3 is 0 Å². The maximum Gasteiger partial charge on any atom is 0.219 e. The monoisotopic (exact) mass is 473 g/mol. The molecule has 2 heterocycles. The summed E-state index contributed by atoms with van der Waals surface area (Å²) in [4.78, 5) is 24.9. The predicted molar refractivity (Wildman–Crippen MR) is 135 cm³/mol. The van der Waals surface area contributed by atoms with Crippen molar-refractivity contribution in [1.29, 1.82) is 0 Å². The minimum atomic E-state index is -0.296. The van der Waals surface area contributed by atoms with Crippen LogP contribution in [0.2, 0.25) is 0 Å². The van der Waals surface area contributed by atoms with Crippen molar-refractivity contribution in [3.05, 3.63) is 89.7 Å². The Morgan fingerprint density at radius 3 is 2.62 bits per heavy atom. The number of nitrogens with zero attached hydrogens (tertiary/aromatic N) is 3. The first-order valence-electron chi connectivity index (χ1n) is 11.2. The number of anilines is 1. The molecule has 0 unspecified atom stereocenters. The molecular weight excluding hydrogens is 449 g/mol. The van der Waals surface area contributed by atoms with E-state index < -0.39 is 0 Å². The third kappa shape index (κ3) is 4.81. The van der Waals surface area contributed by atoms with Gasteiger partial charge in [0.2, 0.25) is 5.12 Å². The summed E-state index contributed by atoms with van der Waals surface area (Å²) in [5.74, 6) is 1.04. The van der Waals surface area contributed by atoms with Crippen molar-refractivity contribution in [1.82, 2.24) is 9.97 Å². The Hall–Kier alpha value is -3.29. The Labute approximate surface area is 202 Å². The highest BCUT2D eigenvalue weighted by atomic mass is 32.2. The van der Waals surface area contributed by atoms with Gasteiger partial charge in [-0.15, -0.1) is 0 Å². The summed E-state index contributed by atoms with van der Waals surface area (Å²) in [7, 11) is 0. The number of carbonyl (C=O) groups is 1. The fourth-order valence-electron chi connectivity index (χ4n) is 4.02. The number of rotatable bonds is 5. The van der Waals surface area contributed by atoms with E-state index in [2.05, 4.69) is 11.8 Å². The molecule has 5 nitrogen and oxygen atoms in total. The van der Waals surface area contributed by atoms with Crippen LogP contribution in [0.25, 0.3) is 22.3 Å². The normalized spacial score (nSPS) is 16.1. The second kappa shape index (κ2) is 9.91. The minimum absolute atomic E-state index is 0.00328. The molecule has 1 atom stereocenters. The van der Waals surface area contributed by atoms with Crippen LogP contribution in [0.5, 0.6) is 0 Å². The van der Waals surface area contributed by atoms with Crippen molar-refractivity contribution < 1.29 is 13.9 Å². The maximum atomic E-state index is 13.6. The van der Waals surface area contributed by atoms with Gasteiger partial charge in [-0.3, -0.25) is 4.79 Å². The lowest BCUT2D eigenvalue weighted by atomic mass is 10.1. The van der Waals surface area contributed by atoms with E-state index in [0.29, 0.717) is 47.8 Å². The highest BCUT2D eigenvalue weighted by Gasteiger charge is 2.25. The van der Waals surface area contributed by atoms with Crippen LogP contribution in [-0.2, 0) is 10.5 Å². The molecule has 0 bridgehead atoms. The number of hydrogen-bond donors (Lipinski definition) is 0. The highest BCUT2D eigenvalue weighted by Crippen LogP contribution is 2.32. The molecule has 1 fully saturated rings. The number of ether oxygens (including phenoxy) is 1. The molecule has 4 aromatic rings. The second-order valence-electron chi connectivity index (χ2n) is 8.29. The number of fused-ring (bicyclic) bond motifs is 1. The van der Waals surface area contributed by atoms with Crippen molar-refractivity contribution in [3.63, 3.8) is 0 Å². The smallest absolute Gasteiger partial charge is 0.219 e. The fraction of sp³-hybridized carbons (Fsp3) is 0.222. The Kier molecular flexibility index (Phi) is 6.56. The molecule has 0 radical (unpaired) electrons. The lowest BCUT2D eigenvalue weighted by molar-refractivity contribution is 0.0986. The zero-order chi connectivity index (χ0) is 23.5. The Bertz CT molecular complexity index is 1320. The van der Waals surface area contributed by atoms with Gasteiger partial charge in [-0.05, 0) is 55.0 Å². The van der Waals surface area contributed by atoms with Crippen molar-refractivity contribution in [2.45, 2.75) is 18.7 Å². The molecule has 34 heavy (non-hydrogen) atoms. The topological polar surface area (TPSA) is 55.3 Å². The molecule has 0 amide bonds. The van der Waals surface area contributed by atoms with Crippen LogP contribution in [0.3, 0.4) is 0 Å². The molecule has 1 aliphatic rings. The molecule has 0 saturated carbocycles. The lowest BCUT2D eigenvalue weighted by Gasteiger charge is -2.35. The molecule has 0 N–H and O–H groups in total. The predicted octanol–water partition coefficient (Wildman–Crippen LogP) is 5.73. The molecular formula is C27H24FN3O2S. The lowest BCUT2D eigenvalue weighted by Crippen LogP contribution is -2.44. The third-order valence-electron chi connectivity index (χ3n) is 5.85. The number of carbonyl (C=O) groups excluding carboxylic acids is 1. The average molecular weight is 474 g/mol. The Balaban J connectivity index is 1.52. The molecule has 7 heteroatoms. The molecule has 0 aliphatic carbocycles. The quantitative estimate of drug-likeness (QED) is 0.369. The minimum Gasteiger partial charge on any atom is -0.377 e. The first-order chi connectivity index (χ1) is 16.6. The van der Waals surface area contributed by atoms with E-state index in [4.69, 9.17) is 14.7 Å². The standard InChI is InChI=1S/C27H24FN3O2S/c1-18-16-33-14-13-31(18)26-25(20-7-10-22(28)11-8-20)29-23-12-9-21(15-24(23)30-26)27(32)34-17-19-5-3-2-4-6-19/h2-12,15,18H,13-14,16-17H2,1H3/t18-/m0/s1. The van der Waals surface area contributed by atoms with Crippen LogP contribution in [0.15, 0.2) is 72.8 Å². The molecule has 172 valence electrons. The van der Waals surface area contributed by atoms with Crippen molar-refractivity contribution in [2.75, 3.05) is 24.7 Å². The maximum absolute atomic E-state index is 13.6. The van der Waals surface area contributed by atoms with Crippen molar-refractivity contribution in [2.24, 2.45) is 0 Å². The van der Waals surface area contributed by atoms with Gasteiger partial charge in [0.05, 0.1) is 30.3 Å². The molecule has 3 aromatic carbocycles. The molecule has 1 aromatic heterocycles. The van der Waals surface area contributed by atoms with Crippen LogP contribution in [-0.4, -0.2) is 40.9 Å². The highest BCUT2D eigenvalue weighted by molar-refractivity contribution is 8.13. The van der Waals surface area contributed by atoms with Crippen LogP contribution < -0.4 is 4.90 Å². The SMILES string of the molecule is C[C@H]1COCCN1c1nc2cc(C(=O)SCc3ccccc3)ccc2nc1-c1ccc(F)cc1. The van der Waals surface area contributed by atoms with Crippen molar-refractivity contribution in [3.8, 4) is 11.3 Å². The van der Waals surface area contributed by atoms with E-state index >= 15 is 0 Å². The summed E-state index contributed by atoms with van der Waals surface area (Å²) in [6.07, 6.45) is 0. The molecule has 5 rings (SSSR count). The summed E-state index contributed by atoms with van der Waals surface area (Å²) in [6.45, 7) is 3.96. The van der Waals surface area contributed by atoms with Crippen LogP contribution in [0, 0.1) is 5.82 Å². The number of morpholine rings is 1. The first kappa shape index (κ1) is 22.5. The summed E-state index contributed by atoms with van der Waals surface area (Å²) in [5, 5.41) is -0.00328. The summed E-state index contributed by atoms with van der Waals surface area (Å²) in [6, 6.07) is 21.8.